The smallest absolute Gasteiger partial charge is 0.269 e. The predicted molar refractivity (Wildman–Crippen MR) is 70.9 cm³/mol. The molecule has 0 radical (unpaired) electrons. The van der Waals surface area contributed by atoms with Crippen molar-refractivity contribution in [1.82, 2.24) is 19.7 Å². The van der Waals surface area contributed by atoms with Crippen LogP contribution in [-0.2, 0) is 0 Å². The third-order valence-electron chi connectivity index (χ3n) is 2.86. The highest BCUT2D eigenvalue weighted by atomic mass is 16.6. The third kappa shape index (κ3) is 1.83. The number of aromatic nitrogens is 4. The molecule has 0 atom stereocenters. The molecule has 3 aromatic rings. The Hall–Kier alpha value is -3.03. The van der Waals surface area contributed by atoms with E-state index < -0.39 is 4.92 Å². The van der Waals surface area contributed by atoms with Crippen molar-refractivity contribution in [3.05, 3.63) is 56.8 Å². The zero-order valence-electron chi connectivity index (χ0n) is 10.4. The predicted octanol–water partition coefficient (Wildman–Crippen LogP) is 1.33. The van der Waals surface area contributed by atoms with E-state index in [0.717, 1.165) is 0 Å². The molecule has 0 saturated heterocycles. The lowest BCUT2D eigenvalue weighted by Crippen LogP contribution is -2.10. The minimum absolute atomic E-state index is 0.00722. The van der Waals surface area contributed by atoms with Gasteiger partial charge in [0.15, 0.2) is 5.65 Å². The number of aryl methyl sites for hydroxylation is 1. The molecule has 0 unspecified atom stereocenters. The molecule has 1 aromatic carbocycles. The molecule has 0 saturated carbocycles. The Morgan fingerprint density at radius 1 is 1.30 bits per heavy atom. The molecule has 0 aliphatic rings. The van der Waals surface area contributed by atoms with E-state index in [1.54, 1.807) is 19.1 Å². The van der Waals surface area contributed by atoms with Gasteiger partial charge in [-0.25, -0.2) is 9.67 Å². The molecule has 20 heavy (non-hydrogen) atoms. The Bertz CT molecular complexity index is 863. The topological polar surface area (TPSA) is 107 Å². The molecule has 0 amide bonds. The lowest BCUT2D eigenvalue weighted by Gasteiger charge is -2.02. The second-order valence-corrected chi connectivity index (χ2v) is 4.22. The average Bonchev–Trinajstić information content (AvgIpc) is 2.82. The molecule has 0 fully saturated rings. The van der Waals surface area contributed by atoms with Crippen LogP contribution in [0.2, 0.25) is 0 Å². The third-order valence-corrected chi connectivity index (χ3v) is 2.86. The van der Waals surface area contributed by atoms with Crippen LogP contribution in [0.1, 0.15) is 5.82 Å². The average molecular weight is 271 g/mol. The zero-order valence-corrected chi connectivity index (χ0v) is 10.4. The summed E-state index contributed by atoms with van der Waals surface area (Å²) in [6.07, 6.45) is 1.42. The van der Waals surface area contributed by atoms with Crippen molar-refractivity contribution in [3.8, 4) is 5.69 Å². The fourth-order valence-electron chi connectivity index (χ4n) is 1.93. The summed E-state index contributed by atoms with van der Waals surface area (Å²) in [6.45, 7) is 1.67. The summed E-state index contributed by atoms with van der Waals surface area (Å²) in [6, 6.07) is 5.87. The normalized spacial score (nSPS) is 10.8. The second kappa shape index (κ2) is 4.26. The molecular weight excluding hydrogens is 262 g/mol. The summed E-state index contributed by atoms with van der Waals surface area (Å²) < 4.78 is 1.47. The van der Waals surface area contributed by atoms with Gasteiger partial charge in [0.05, 0.1) is 16.8 Å². The molecule has 0 spiro atoms. The van der Waals surface area contributed by atoms with Gasteiger partial charge >= 0.3 is 0 Å². The Morgan fingerprint density at radius 3 is 2.65 bits per heavy atom. The molecule has 0 aliphatic carbocycles. The van der Waals surface area contributed by atoms with Crippen LogP contribution >= 0.6 is 0 Å². The number of aromatic amines is 1. The van der Waals surface area contributed by atoms with Gasteiger partial charge < -0.3 is 4.98 Å². The van der Waals surface area contributed by atoms with Crippen molar-refractivity contribution >= 4 is 16.7 Å². The van der Waals surface area contributed by atoms with E-state index in [0.29, 0.717) is 22.5 Å². The maximum atomic E-state index is 11.7. The van der Waals surface area contributed by atoms with E-state index in [9.17, 15) is 14.9 Å². The number of rotatable bonds is 2. The van der Waals surface area contributed by atoms with Crippen LogP contribution in [0, 0.1) is 17.0 Å². The number of hydrogen-bond acceptors (Lipinski definition) is 5. The van der Waals surface area contributed by atoms with E-state index in [1.807, 2.05) is 0 Å². The van der Waals surface area contributed by atoms with Crippen molar-refractivity contribution in [2.45, 2.75) is 6.92 Å². The van der Waals surface area contributed by atoms with Crippen molar-refractivity contribution in [1.29, 1.82) is 0 Å². The summed E-state index contributed by atoms with van der Waals surface area (Å²) in [5, 5.41) is 15.1. The van der Waals surface area contributed by atoms with Crippen LogP contribution in [-0.4, -0.2) is 24.7 Å². The van der Waals surface area contributed by atoms with Gasteiger partial charge in [-0.15, -0.1) is 0 Å². The largest absolute Gasteiger partial charge is 0.310 e. The van der Waals surface area contributed by atoms with E-state index >= 15 is 0 Å². The quantitative estimate of drug-likeness (QED) is 0.558. The Kier molecular flexibility index (Phi) is 2.56. The first-order valence-corrected chi connectivity index (χ1v) is 5.76. The molecule has 0 aliphatic heterocycles. The summed E-state index contributed by atoms with van der Waals surface area (Å²) >= 11 is 0. The van der Waals surface area contributed by atoms with E-state index in [4.69, 9.17) is 0 Å². The fraction of sp³-hybridized carbons (Fsp3) is 0.0833. The van der Waals surface area contributed by atoms with Gasteiger partial charge in [-0.2, -0.15) is 5.10 Å². The van der Waals surface area contributed by atoms with Crippen molar-refractivity contribution in [2.75, 3.05) is 0 Å². The first kappa shape index (κ1) is 12.0. The van der Waals surface area contributed by atoms with Crippen molar-refractivity contribution < 1.29 is 4.92 Å². The van der Waals surface area contributed by atoms with E-state index in [2.05, 4.69) is 15.1 Å². The van der Waals surface area contributed by atoms with Crippen molar-refractivity contribution in [2.24, 2.45) is 0 Å². The number of hydrogen-bond donors (Lipinski definition) is 1. The Balaban J connectivity index is 2.19. The van der Waals surface area contributed by atoms with Gasteiger partial charge in [0.2, 0.25) is 0 Å². The van der Waals surface area contributed by atoms with Gasteiger partial charge in [0.25, 0.3) is 11.2 Å². The molecule has 100 valence electrons. The summed E-state index contributed by atoms with van der Waals surface area (Å²) in [5.41, 5.74) is 0.746. The molecule has 8 heteroatoms. The monoisotopic (exact) mass is 271 g/mol. The summed E-state index contributed by atoms with van der Waals surface area (Å²) in [4.78, 5) is 28.7. The van der Waals surface area contributed by atoms with Crippen LogP contribution < -0.4 is 5.56 Å². The van der Waals surface area contributed by atoms with Gasteiger partial charge in [0, 0.05) is 12.1 Å². The van der Waals surface area contributed by atoms with Crippen molar-refractivity contribution in [3.63, 3.8) is 0 Å². The number of nitro groups is 1. The van der Waals surface area contributed by atoms with Crippen LogP contribution in [0.3, 0.4) is 0 Å². The van der Waals surface area contributed by atoms with Crippen LogP contribution in [0.4, 0.5) is 5.69 Å². The molecule has 8 nitrogen and oxygen atoms in total. The number of nitro benzene ring substituents is 1. The molecule has 2 aromatic heterocycles. The molecule has 3 rings (SSSR count). The highest BCUT2D eigenvalue weighted by Crippen LogP contribution is 2.17. The van der Waals surface area contributed by atoms with Gasteiger partial charge in [-0.1, -0.05) is 0 Å². The molecule has 0 bridgehead atoms. The lowest BCUT2D eigenvalue weighted by molar-refractivity contribution is -0.384. The molecular formula is C12H9N5O3. The number of non-ortho nitro benzene ring substituents is 1. The van der Waals surface area contributed by atoms with Gasteiger partial charge in [-0.05, 0) is 19.1 Å². The highest BCUT2D eigenvalue weighted by Gasteiger charge is 2.11. The number of H-pyrrole nitrogens is 1. The summed E-state index contributed by atoms with van der Waals surface area (Å²) in [5.74, 6) is 0.478. The highest BCUT2D eigenvalue weighted by molar-refractivity contribution is 5.75. The van der Waals surface area contributed by atoms with E-state index in [-0.39, 0.29) is 11.2 Å². The minimum atomic E-state index is -0.474. The second-order valence-electron chi connectivity index (χ2n) is 4.22. The Morgan fingerprint density at radius 2 is 2.00 bits per heavy atom. The Labute approximate surface area is 111 Å². The zero-order chi connectivity index (χ0) is 14.3. The summed E-state index contributed by atoms with van der Waals surface area (Å²) in [7, 11) is 0. The van der Waals surface area contributed by atoms with E-state index in [1.165, 1.54) is 23.0 Å². The maximum Gasteiger partial charge on any atom is 0.269 e. The SMILES string of the molecule is Cc1nc2c(cnn2-c2ccc([N+](=O)[O-])cc2)c(=O)[nH]1. The fourth-order valence-corrected chi connectivity index (χ4v) is 1.93. The maximum absolute atomic E-state index is 11.7. The van der Waals surface area contributed by atoms with Gasteiger partial charge in [-0.3, -0.25) is 14.9 Å². The minimum Gasteiger partial charge on any atom is -0.310 e. The van der Waals surface area contributed by atoms with Crippen LogP contribution in [0.5, 0.6) is 0 Å². The van der Waals surface area contributed by atoms with Crippen LogP contribution in [0.25, 0.3) is 16.7 Å². The lowest BCUT2D eigenvalue weighted by atomic mass is 10.3. The first-order chi connectivity index (χ1) is 9.56. The number of fused-ring (bicyclic) bond motifs is 1. The number of benzene rings is 1. The number of nitrogens with one attached hydrogen (secondary N) is 1. The number of nitrogens with zero attached hydrogens (tertiary/aromatic N) is 4. The van der Waals surface area contributed by atoms with Gasteiger partial charge in [0.1, 0.15) is 11.2 Å². The molecule has 2 heterocycles. The molecule has 1 N–H and O–H groups in total. The van der Waals surface area contributed by atoms with Crippen LogP contribution in [0.15, 0.2) is 35.3 Å². The first-order valence-electron chi connectivity index (χ1n) is 5.76. The standard InChI is InChI=1S/C12H9N5O3/c1-7-14-11-10(12(18)15-7)6-13-16(11)8-2-4-9(5-3-8)17(19)20/h2-6H,1H3,(H,14,15,18).